The third kappa shape index (κ3) is 4.03. The smallest absolute Gasteiger partial charge is 0.410 e. The molecule has 1 aromatic rings. The summed E-state index contributed by atoms with van der Waals surface area (Å²) in [6.07, 6.45) is 8.14. The van der Waals surface area contributed by atoms with Crippen molar-refractivity contribution in [3.63, 3.8) is 0 Å². The van der Waals surface area contributed by atoms with Gasteiger partial charge in [0, 0.05) is 18.5 Å². The number of sulfonamides is 1. The monoisotopic (exact) mass is 504 g/mol. The minimum absolute atomic E-state index is 0.0277. The number of amides is 2. The number of nitrogens with zero attached hydrogens (tertiary/aromatic N) is 1. The first-order chi connectivity index (χ1) is 16.6. The van der Waals surface area contributed by atoms with Crippen molar-refractivity contribution in [2.45, 2.75) is 68.8 Å². The zero-order valence-electron chi connectivity index (χ0n) is 20.0. The lowest BCUT2D eigenvalue weighted by molar-refractivity contribution is -0.121. The average Bonchev–Trinajstić information content (AvgIpc) is 3.10. The molecule has 7 rings (SSSR count). The van der Waals surface area contributed by atoms with Gasteiger partial charge in [-0.05, 0) is 92.2 Å². The standard InChI is InChI=1S/C26H33FN2O5S/c1-35(32,33)28-24(30)20-14-26(22-19(20)3-2-4-21(22)27)5-7-29(8-6-26)25(31)34-23-17-10-15-9-16(12-17)13-18(23)11-15/h2-4,15-18,20,23H,5-14H2,1H3,(H,28,30). The first kappa shape index (κ1) is 23.3. The molecule has 1 unspecified atom stereocenters. The predicted octanol–water partition coefficient (Wildman–Crippen LogP) is 3.68. The summed E-state index contributed by atoms with van der Waals surface area (Å²) in [5.41, 5.74) is 0.457. The predicted molar refractivity (Wildman–Crippen MR) is 127 cm³/mol. The van der Waals surface area contributed by atoms with Crippen molar-refractivity contribution < 1.29 is 27.1 Å². The van der Waals surface area contributed by atoms with Crippen LogP contribution in [0.15, 0.2) is 18.2 Å². The summed E-state index contributed by atoms with van der Waals surface area (Å²) in [5.74, 6) is 0.885. The molecule has 2 amide bonds. The second kappa shape index (κ2) is 8.18. The fourth-order valence-corrected chi connectivity index (χ4v) is 8.82. The van der Waals surface area contributed by atoms with Crippen LogP contribution >= 0.6 is 0 Å². The fraction of sp³-hybridized carbons (Fsp3) is 0.692. The van der Waals surface area contributed by atoms with E-state index in [4.69, 9.17) is 4.74 Å². The lowest BCUT2D eigenvalue weighted by atomic mass is 9.55. The summed E-state index contributed by atoms with van der Waals surface area (Å²) < 4.78 is 46.6. The summed E-state index contributed by atoms with van der Waals surface area (Å²) in [5, 5.41) is 0. The zero-order valence-corrected chi connectivity index (χ0v) is 20.9. The van der Waals surface area contributed by atoms with Gasteiger partial charge in [-0.2, -0.15) is 0 Å². The van der Waals surface area contributed by atoms with Crippen molar-refractivity contribution in [3.05, 3.63) is 35.1 Å². The highest BCUT2D eigenvalue weighted by molar-refractivity contribution is 7.89. The lowest BCUT2D eigenvalue weighted by Crippen LogP contribution is -2.52. The van der Waals surface area contributed by atoms with Gasteiger partial charge < -0.3 is 9.64 Å². The van der Waals surface area contributed by atoms with Crippen LogP contribution in [0.1, 0.15) is 68.4 Å². The summed E-state index contributed by atoms with van der Waals surface area (Å²) in [7, 11) is -3.72. The van der Waals surface area contributed by atoms with E-state index in [-0.39, 0.29) is 18.0 Å². The number of fused-ring (bicyclic) bond motifs is 2. The molecule has 5 aliphatic carbocycles. The Balaban J connectivity index is 1.16. The summed E-state index contributed by atoms with van der Waals surface area (Å²) in [6, 6.07) is 4.67. The van der Waals surface area contributed by atoms with Crippen molar-refractivity contribution in [1.82, 2.24) is 9.62 Å². The number of carbonyl (C=O) groups excluding carboxylic acids is 2. The van der Waals surface area contributed by atoms with Gasteiger partial charge in [0.2, 0.25) is 15.9 Å². The Labute approximate surface area is 205 Å². The van der Waals surface area contributed by atoms with Crippen LogP contribution in [0.3, 0.4) is 0 Å². The average molecular weight is 505 g/mol. The van der Waals surface area contributed by atoms with E-state index in [2.05, 4.69) is 4.72 Å². The Morgan fingerprint density at radius 2 is 1.69 bits per heavy atom. The normalized spacial score (nSPS) is 34.6. The second-order valence-corrected chi connectivity index (χ2v) is 13.5. The molecule has 6 aliphatic rings. The molecule has 4 bridgehead atoms. The van der Waals surface area contributed by atoms with Gasteiger partial charge >= 0.3 is 6.09 Å². The molecule has 0 radical (unpaired) electrons. The highest BCUT2D eigenvalue weighted by Crippen LogP contribution is 2.55. The largest absolute Gasteiger partial charge is 0.446 e. The van der Waals surface area contributed by atoms with Crippen molar-refractivity contribution in [2.24, 2.45) is 23.7 Å². The molecule has 1 aliphatic heterocycles. The number of likely N-dealkylation sites (tertiary alicyclic amines) is 1. The van der Waals surface area contributed by atoms with Crippen LogP contribution in [-0.4, -0.2) is 50.8 Å². The Bertz CT molecular complexity index is 1130. The molecule has 190 valence electrons. The van der Waals surface area contributed by atoms with Crippen LogP contribution in [-0.2, 0) is 25.0 Å². The Hall–Kier alpha value is -2.16. The molecular formula is C26H33FN2O5S. The van der Waals surface area contributed by atoms with Crippen LogP contribution in [0, 0.1) is 29.5 Å². The quantitative estimate of drug-likeness (QED) is 0.678. The number of hydrogen-bond acceptors (Lipinski definition) is 5. The van der Waals surface area contributed by atoms with Crippen molar-refractivity contribution >= 4 is 22.0 Å². The van der Waals surface area contributed by atoms with Gasteiger partial charge in [0.25, 0.3) is 0 Å². The number of benzene rings is 1. The van der Waals surface area contributed by atoms with Crippen LogP contribution in [0.2, 0.25) is 0 Å². The number of hydrogen-bond donors (Lipinski definition) is 1. The molecule has 1 atom stereocenters. The van der Waals surface area contributed by atoms with Crippen LogP contribution < -0.4 is 4.72 Å². The minimum atomic E-state index is -3.72. The van der Waals surface area contributed by atoms with Gasteiger partial charge in [0.15, 0.2) is 0 Å². The second-order valence-electron chi connectivity index (χ2n) is 11.7. The summed E-state index contributed by atoms with van der Waals surface area (Å²) in [6.45, 7) is 0.862. The van der Waals surface area contributed by atoms with E-state index in [1.807, 2.05) is 0 Å². The summed E-state index contributed by atoms with van der Waals surface area (Å²) >= 11 is 0. The molecule has 4 saturated carbocycles. The van der Waals surface area contributed by atoms with Crippen molar-refractivity contribution in [1.29, 1.82) is 0 Å². The first-order valence-corrected chi connectivity index (χ1v) is 14.8. The van der Waals surface area contributed by atoms with Crippen LogP contribution in [0.25, 0.3) is 0 Å². The van der Waals surface area contributed by atoms with E-state index < -0.39 is 27.3 Å². The van der Waals surface area contributed by atoms with Crippen LogP contribution in [0.4, 0.5) is 9.18 Å². The molecule has 1 N–H and O–H groups in total. The van der Waals surface area contributed by atoms with Gasteiger partial charge in [-0.15, -0.1) is 0 Å². The van der Waals surface area contributed by atoms with E-state index in [9.17, 15) is 18.0 Å². The van der Waals surface area contributed by atoms with Gasteiger partial charge in [-0.1, -0.05) is 12.1 Å². The van der Waals surface area contributed by atoms with Gasteiger partial charge in [-0.3, -0.25) is 9.52 Å². The van der Waals surface area contributed by atoms with E-state index in [1.54, 1.807) is 17.0 Å². The highest BCUT2D eigenvalue weighted by atomic mass is 32.2. The Morgan fingerprint density at radius 1 is 1.06 bits per heavy atom. The molecule has 1 heterocycles. The maximum Gasteiger partial charge on any atom is 0.410 e. The number of ether oxygens (including phenoxy) is 1. The molecule has 1 spiro atoms. The van der Waals surface area contributed by atoms with E-state index in [0.717, 1.165) is 18.1 Å². The minimum Gasteiger partial charge on any atom is -0.446 e. The fourth-order valence-electron chi connectivity index (χ4n) is 8.31. The number of carbonyl (C=O) groups is 2. The Morgan fingerprint density at radius 3 is 2.29 bits per heavy atom. The number of nitrogens with one attached hydrogen (secondary N) is 1. The van der Waals surface area contributed by atoms with E-state index >= 15 is 4.39 Å². The maximum atomic E-state index is 15.1. The van der Waals surface area contributed by atoms with Crippen LogP contribution in [0.5, 0.6) is 0 Å². The summed E-state index contributed by atoms with van der Waals surface area (Å²) in [4.78, 5) is 27.7. The lowest BCUT2D eigenvalue weighted by Gasteiger charge is -2.53. The van der Waals surface area contributed by atoms with Crippen molar-refractivity contribution in [3.8, 4) is 0 Å². The SMILES string of the molecule is CS(=O)(=O)NC(=O)C1CC2(CCN(C(=O)OC3C4CC5CC(C4)CC3C5)CC2)c2c(F)cccc21. The number of halogens is 1. The molecule has 35 heavy (non-hydrogen) atoms. The highest BCUT2D eigenvalue weighted by Gasteiger charge is 2.52. The molecular weight excluding hydrogens is 471 g/mol. The zero-order chi connectivity index (χ0) is 24.5. The molecule has 7 nitrogen and oxygen atoms in total. The van der Waals surface area contributed by atoms with Crippen molar-refractivity contribution in [2.75, 3.05) is 19.3 Å². The first-order valence-electron chi connectivity index (χ1n) is 12.9. The molecule has 5 fully saturated rings. The molecule has 9 heteroatoms. The third-order valence-corrected chi connectivity index (χ3v) is 10.1. The molecule has 1 aromatic carbocycles. The molecule has 0 aromatic heterocycles. The third-order valence-electron chi connectivity index (χ3n) is 9.50. The number of piperidine rings is 1. The number of rotatable bonds is 3. The van der Waals surface area contributed by atoms with Gasteiger partial charge in [0.1, 0.15) is 11.9 Å². The maximum absolute atomic E-state index is 15.1. The topological polar surface area (TPSA) is 92.8 Å². The van der Waals surface area contributed by atoms with E-state index in [0.29, 0.717) is 55.3 Å². The van der Waals surface area contributed by atoms with Gasteiger partial charge in [-0.25, -0.2) is 17.6 Å². The van der Waals surface area contributed by atoms with Gasteiger partial charge in [0.05, 0.1) is 12.2 Å². The Kier molecular flexibility index (Phi) is 5.44. The van der Waals surface area contributed by atoms with E-state index in [1.165, 1.54) is 38.2 Å². The molecule has 1 saturated heterocycles.